The Morgan fingerprint density at radius 3 is 2.33 bits per heavy atom. The maximum absolute atomic E-state index is 14.4. The summed E-state index contributed by atoms with van der Waals surface area (Å²) in [6.45, 7) is 5.12. The predicted molar refractivity (Wildman–Crippen MR) is 207 cm³/mol. The fraction of sp³-hybridized carbons (Fsp3) is 0.550. The summed E-state index contributed by atoms with van der Waals surface area (Å²) in [5.41, 5.74) is 14.7. The van der Waals surface area contributed by atoms with Crippen LogP contribution in [0.3, 0.4) is 0 Å². The summed E-state index contributed by atoms with van der Waals surface area (Å²) in [4.78, 5) is 108. The zero-order valence-corrected chi connectivity index (χ0v) is 32.6. The Morgan fingerprint density at radius 1 is 0.895 bits per heavy atom. The van der Waals surface area contributed by atoms with Gasteiger partial charge >= 0.3 is 0 Å². The monoisotopic (exact) mass is 787 g/mol. The van der Waals surface area contributed by atoms with Crippen molar-refractivity contribution in [3.63, 3.8) is 0 Å². The van der Waals surface area contributed by atoms with Crippen LogP contribution in [0.1, 0.15) is 83.3 Å². The number of allylic oxidation sites excluding steroid dienone is 2. The molecule has 0 bridgehead atoms. The molecule has 4 aliphatic rings. The Morgan fingerprint density at radius 2 is 1.63 bits per heavy atom. The molecule has 17 heteroatoms. The third-order valence-corrected chi connectivity index (χ3v) is 11.0. The van der Waals surface area contributed by atoms with Crippen LogP contribution < -0.4 is 32.7 Å². The number of benzene rings is 1. The van der Waals surface area contributed by atoms with Crippen molar-refractivity contribution < 1.29 is 38.4 Å². The molecular weight excluding hydrogens is 734 g/mol. The molecular formula is C40H53N9O8. The van der Waals surface area contributed by atoms with Crippen molar-refractivity contribution in [2.75, 3.05) is 13.1 Å². The fourth-order valence-corrected chi connectivity index (χ4v) is 7.83. The number of hydrogen-bond acceptors (Lipinski definition) is 10. The van der Waals surface area contributed by atoms with Gasteiger partial charge in [-0.2, -0.15) is 10.2 Å². The highest BCUT2D eigenvalue weighted by Gasteiger charge is 2.45. The molecule has 1 unspecified atom stereocenters. The number of hydrogen-bond donors (Lipinski definition) is 6. The van der Waals surface area contributed by atoms with Gasteiger partial charge in [0.1, 0.15) is 18.1 Å². The highest BCUT2D eigenvalue weighted by Crippen LogP contribution is 2.34. The Bertz CT molecular complexity index is 1880. The number of carbonyl (C=O) groups excluding carboxylic acids is 8. The number of nitrogens with one attached hydrogen (secondary N) is 4. The third-order valence-electron chi connectivity index (χ3n) is 11.0. The molecule has 1 aromatic carbocycles. The highest BCUT2D eigenvalue weighted by molar-refractivity contribution is 5.98. The van der Waals surface area contributed by atoms with Crippen molar-refractivity contribution in [3.8, 4) is 0 Å². The number of fused-ring (bicyclic) bond motifs is 2. The maximum Gasteiger partial charge on any atom is 0.243 e. The first-order valence-corrected chi connectivity index (χ1v) is 19.6. The molecule has 7 amide bonds. The quantitative estimate of drug-likeness (QED) is 0.239. The summed E-state index contributed by atoms with van der Waals surface area (Å²) < 4.78 is 0. The minimum atomic E-state index is -1.35. The van der Waals surface area contributed by atoms with Gasteiger partial charge in [-0.3, -0.25) is 38.4 Å². The highest BCUT2D eigenvalue weighted by atomic mass is 16.2. The van der Waals surface area contributed by atoms with Crippen molar-refractivity contribution in [1.29, 1.82) is 0 Å². The predicted octanol–water partition coefficient (Wildman–Crippen LogP) is 0.708. The molecule has 306 valence electrons. The van der Waals surface area contributed by atoms with E-state index in [0.29, 0.717) is 25.0 Å². The molecule has 8 atom stereocenters. The number of ketones is 1. The topological polar surface area (TPSA) is 265 Å². The number of nitrogens with two attached hydrogens (primary N) is 2. The van der Waals surface area contributed by atoms with Crippen molar-refractivity contribution >= 4 is 52.7 Å². The summed E-state index contributed by atoms with van der Waals surface area (Å²) in [5, 5.41) is 19.3. The smallest absolute Gasteiger partial charge is 0.243 e. The molecule has 8 N–H and O–H groups in total. The van der Waals surface area contributed by atoms with Gasteiger partial charge in [-0.1, -0.05) is 44.2 Å². The molecule has 0 saturated carbocycles. The zero-order chi connectivity index (χ0) is 41.4. The van der Waals surface area contributed by atoms with Crippen LogP contribution in [-0.2, 0) is 44.8 Å². The van der Waals surface area contributed by atoms with Gasteiger partial charge in [0, 0.05) is 50.1 Å². The Balaban J connectivity index is 1.46. The van der Waals surface area contributed by atoms with Gasteiger partial charge in [0.15, 0.2) is 5.78 Å². The van der Waals surface area contributed by atoms with Gasteiger partial charge in [-0.05, 0) is 61.8 Å². The molecule has 3 heterocycles. The lowest BCUT2D eigenvalue weighted by Gasteiger charge is -2.29. The van der Waals surface area contributed by atoms with E-state index in [2.05, 4.69) is 31.5 Å². The maximum atomic E-state index is 14.4. The second-order valence-corrected chi connectivity index (χ2v) is 15.6. The fourth-order valence-electron chi connectivity index (χ4n) is 7.83. The van der Waals surface area contributed by atoms with E-state index in [1.165, 1.54) is 18.7 Å². The van der Waals surface area contributed by atoms with E-state index in [-0.39, 0.29) is 44.7 Å². The average Bonchev–Trinajstić information content (AvgIpc) is 3.91. The van der Waals surface area contributed by atoms with E-state index in [1.54, 1.807) is 6.92 Å². The van der Waals surface area contributed by atoms with Crippen molar-refractivity contribution in [1.82, 2.24) is 26.2 Å². The Labute approximate surface area is 331 Å². The molecule has 2 saturated heterocycles. The largest absolute Gasteiger partial charge is 0.370 e. The van der Waals surface area contributed by atoms with Crippen LogP contribution in [0.2, 0.25) is 0 Å². The van der Waals surface area contributed by atoms with Gasteiger partial charge < -0.3 is 37.6 Å². The van der Waals surface area contributed by atoms with Gasteiger partial charge in [-0.15, -0.1) is 0 Å². The summed E-state index contributed by atoms with van der Waals surface area (Å²) in [5.74, 6) is -7.29. The standard InChI is InChI=1S/C40H53N9O8/c1-21-15-35(52)43-13-7-6-10-28(36(42)53)44-38(55)31(17-25-12-11-24-8-4-5-9-27(24)25)46-39(56)32-18-26(29-16-23(3)47-48-29)20-49(32)40(57)22(2)14-33(50)30(19-34(41)51)45-37(21)54/h4-5,8-9,12,16,21-22,26,28-32H,6-7,10-11,13-15,17-20H2,1-3H3,(H2,41,51)(H2,42,53)(H,43,52)(H,44,55)(H,45,54)(H,46,56)/t21-,22+,26-,28-,29?,30-,31-,32-/m0/s1. The van der Waals surface area contributed by atoms with E-state index in [9.17, 15) is 38.4 Å². The number of primary amides is 2. The second kappa shape index (κ2) is 18.9. The summed E-state index contributed by atoms with van der Waals surface area (Å²) in [7, 11) is 0. The molecule has 0 spiro atoms. The van der Waals surface area contributed by atoms with Crippen molar-refractivity contribution in [2.24, 2.45) is 39.4 Å². The molecule has 57 heavy (non-hydrogen) atoms. The van der Waals surface area contributed by atoms with Crippen molar-refractivity contribution in [2.45, 2.75) is 109 Å². The van der Waals surface area contributed by atoms with Crippen molar-refractivity contribution in [3.05, 3.63) is 53.2 Å². The first-order valence-electron chi connectivity index (χ1n) is 19.6. The number of amides is 7. The van der Waals surface area contributed by atoms with Crippen LogP contribution in [0, 0.1) is 17.8 Å². The Hall–Kier alpha value is -5.74. The van der Waals surface area contributed by atoms with Crippen LogP contribution in [0.15, 0.2) is 52.3 Å². The SMILES string of the molecule is CC1=CC([C@H]2C[C@H]3C(=O)N[C@@H](CC4=CCc5ccccc54)C(=O)N[C@H](C(N)=O)CCCCNC(=O)C[C@H](C)C(=O)N[C@@H](CC(N)=O)C(=O)C[C@@H](C)C(=O)N3C2)N=N1. The lowest BCUT2D eigenvalue weighted by Crippen LogP contribution is -2.56. The lowest BCUT2D eigenvalue weighted by atomic mass is 9.95. The van der Waals surface area contributed by atoms with Gasteiger partial charge in [0.25, 0.3) is 0 Å². The molecule has 2 fully saturated rings. The number of rotatable bonds is 6. The molecule has 0 radical (unpaired) electrons. The van der Waals surface area contributed by atoms with Crippen LogP contribution in [0.25, 0.3) is 5.57 Å². The molecule has 3 aliphatic heterocycles. The molecule has 1 aromatic rings. The minimum absolute atomic E-state index is 0.0886. The van der Waals surface area contributed by atoms with Crippen LogP contribution in [0.4, 0.5) is 0 Å². The van der Waals surface area contributed by atoms with E-state index in [0.717, 1.165) is 16.7 Å². The van der Waals surface area contributed by atoms with Gasteiger partial charge in [0.2, 0.25) is 41.4 Å². The first-order chi connectivity index (χ1) is 27.1. The number of carbonyl (C=O) groups is 8. The molecule has 17 nitrogen and oxygen atoms in total. The van der Waals surface area contributed by atoms with Crippen LogP contribution >= 0.6 is 0 Å². The zero-order valence-electron chi connectivity index (χ0n) is 32.6. The number of Topliss-reactive ketones (excluding diaryl/α,β-unsaturated/α-hetero) is 1. The average molecular weight is 788 g/mol. The van der Waals surface area contributed by atoms with E-state index in [1.807, 2.05) is 36.4 Å². The first kappa shape index (κ1) is 42.4. The van der Waals surface area contributed by atoms with E-state index in [4.69, 9.17) is 11.5 Å². The normalized spacial score (nSPS) is 29.6. The van der Waals surface area contributed by atoms with E-state index < -0.39 is 102 Å². The summed E-state index contributed by atoms with van der Waals surface area (Å²) in [6, 6.07) is 2.67. The third kappa shape index (κ3) is 11.0. The van der Waals surface area contributed by atoms with Crippen LogP contribution in [-0.4, -0.2) is 95.3 Å². The summed E-state index contributed by atoms with van der Waals surface area (Å²) in [6.07, 6.45) is 4.60. The number of azo groups is 1. The van der Waals surface area contributed by atoms with E-state index >= 15 is 0 Å². The lowest BCUT2D eigenvalue weighted by molar-refractivity contribution is -0.143. The summed E-state index contributed by atoms with van der Waals surface area (Å²) >= 11 is 0. The van der Waals surface area contributed by atoms with Crippen LogP contribution in [0.5, 0.6) is 0 Å². The molecule has 1 aliphatic carbocycles. The number of nitrogens with zero attached hydrogens (tertiary/aromatic N) is 3. The minimum Gasteiger partial charge on any atom is -0.370 e. The Kier molecular flexibility index (Phi) is 14.1. The van der Waals surface area contributed by atoms with Gasteiger partial charge in [-0.25, -0.2) is 0 Å². The molecule has 5 rings (SSSR count). The second-order valence-electron chi connectivity index (χ2n) is 15.6. The molecule has 0 aromatic heterocycles. The van der Waals surface area contributed by atoms with Gasteiger partial charge in [0.05, 0.1) is 24.2 Å².